The zero-order chi connectivity index (χ0) is 25.1. The molecule has 0 radical (unpaired) electrons. The molecule has 2 amide bonds. The summed E-state index contributed by atoms with van der Waals surface area (Å²) >= 11 is 6.01. The van der Waals surface area contributed by atoms with Crippen molar-refractivity contribution in [3.05, 3.63) is 63.0 Å². The number of carbonyl (C=O) groups is 2. The molecule has 0 bridgehead atoms. The number of hydrogen-bond acceptors (Lipinski definition) is 4. The first kappa shape index (κ1) is 25.3. The predicted molar refractivity (Wildman–Crippen MR) is 140 cm³/mol. The quantitative estimate of drug-likeness (QED) is 0.595. The third-order valence-electron chi connectivity index (χ3n) is 7.00. The number of amides is 2. The zero-order valence-electron chi connectivity index (χ0n) is 20.9. The summed E-state index contributed by atoms with van der Waals surface area (Å²) < 4.78 is 1.95. The Bertz CT molecular complexity index is 1110. The van der Waals surface area contributed by atoms with Gasteiger partial charge < -0.3 is 19.3 Å². The lowest BCUT2D eigenvalue weighted by molar-refractivity contribution is 0.0744. The van der Waals surface area contributed by atoms with Crippen molar-refractivity contribution >= 4 is 29.1 Å². The normalized spacial score (nSPS) is 16.7. The lowest BCUT2D eigenvalue weighted by Crippen LogP contribution is -2.50. The molecule has 8 heteroatoms. The number of anilines is 1. The first-order chi connectivity index (χ1) is 16.7. The molecule has 0 unspecified atom stereocenters. The van der Waals surface area contributed by atoms with E-state index in [1.165, 1.54) is 0 Å². The van der Waals surface area contributed by atoms with E-state index in [-0.39, 0.29) is 34.9 Å². The highest BCUT2D eigenvalue weighted by Gasteiger charge is 2.29. The topological polar surface area (TPSA) is 65.9 Å². The number of hydrogen-bond donors (Lipinski definition) is 0. The number of rotatable bonds is 6. The van der Waals surface area contributed by atoms with Gasteiger partial charge in [0.15, 0.2) is 0 Å². The maximum atomic E-state index is 13.5. The molecule has 188 valence electrons. The highest BCUT2D eigenvalue weighted by Crippen LogP contribution is 2.29. The fourth-order valence-electron chi connectivity index (χ4n) is 5.14. The largest absolute Gasteiger partial charge is 0.368 e. The molecule has 1 aromatic carbocycles. The van der Waals surface area contributed by atoms with Crippen LogP contribution in [-0.4, -0.2) is 66.0 Å². The van der Waals surface area contributed by atoms with E-state index in [0.29, 0.717) is 37.7 Å². The summed E-state index contributed by atoms with van der Waals surface area (Å²) in [6.07, 6.45) is 7.57. The first-order valence-electron chi connectivity index (χ1n) is 12.6. The molecule has 35 heavy (non-hydrogen) atoms. The second kappa shape index (κ2) is 10.9. The van der Waals surface area contributed by atoms with Gasteiger partial charge in [0.05, 0.1) is 0 Å². The van der Waals surface area contributed by atoms with Crippen LogP contribution in [0, 0.1) is 5.92 Å². The van der Waals surface area contributed by atoms with Crippen LogP contribution in [0.25, 0.3) is 0 Å². The van der Waals surface area contributed by atoms with Gasteiger partial charge in [0, 0.05) is 68.9 Å². The Labute approximate surface area is 212 Å². The summed E-state index contributed by atoms with van der Waals surface area (Å²) in [4.78, 5) is 45.7. The number of pyridine rings is 1. The summed E-state index contributed by atoms with van der Waals surface area (Å²) in [7, 11) is 1.71. The van der Waals surface area contributed by atoms with E-state index >= 15 is 0 Å². The third kappa shape index (κ3) is 5.72. The van der Waals surface area contributed by atoms with Crippen molar-refractivity contribution in [2.45, 2.75) is 45.6 Å². The highest BCUT2D eigenvalue weighted by molar-refractivity contribution is 6.30. The molecule has 7 nitrogen and oxygen atoms in total. The van der Waals surface area contributed by atoms with Crippen LogP contribution < -0.4 is 10.3 Å². The van der Waals surface area contributed by atoms with Gasteiger partial charge in [0.1, 0.15) is 11.1 Å². The number of carbonyl (C=O) groups excluding carboxylic acids is 2. The fourth-order valence-corrected chi connectivity index (χ4v) is 5.27. The molecule has 1 aromatic heterocycles. The van der Waals surface area contributed by atoms with E-state index in [1.54, 1.807) is 29.2 Å². The van der Waals surface area contributed by atoms with Crippen LogP contribution in [0.3, 0.4) is 0 Å². The smallest absolute Gasteiger partial charge is 0.259 e. The molecule has 2 aliphatic rings. The average Bonchev–Trinajstić information content (AvgIpc) is 3.39. The van der Waals surface area contributed by atoms with Gasteiger partial charge in [0.25, 0.3) is 11.8 Å². The number of nitrogens with zero attached hydrogens (tertiary/aromatic N) is 4. The van der Waals surface area contributed by atoms with E-state index in [9.17, 15) is 14.4 Å². The van der Waals surface area contributed by atoms with Crippen molar-refractivity contribution in [2.75, 3.05) is 44.7 Å². The Morgan fingerprint density at radius 3 is 2.20 bits per heavy atom. The van der Waals surface area contributed by atoms with Crippen LogP contribution in [0.2, 0.25) is 5.02 Å². The monoisotopic (exact) mass is 498 g/mol. The van der Waals surface area contributed by atoms with Crippen molar-refractivity contribution < 1.29 is 9.59 Å². The minimum absolute atomic E-state index is 0.0886. The molecule has 0 atom stereocenters. The number of aromatic nitrogens is 1. The van der Waals surface area contributed by atoms with Crippen molar-refractivity contribution in [1.29, 1.82) is 0 Å². The number of halogens is 1. The number of piperazine rings is 1. The number of benzene rings is 1. The second-order valence-corrected chi connectivity index (χ2v) is 10.6. The minimum atomic E-state index is -0.468. The Kier molecular flexibility index (Phi) is 7.85. The van der Waals surface area contributed by atoms with Crippen LogP contribution in [0.15, 0.2) is 41.5 Å². The van der Waals surface area contributed by atoms with Crippen molar-refractivity contribution in [3.63, 3.8) is 0 Å². The van der Waals surface area contributed by atoms with Crippen LogP contribution in [-0.2, 0) is 0 Å². The molecule has 0 spiro atoms. The average molecular weight is 499 g/mol. The van der Waals surface area contributed by atoms with E-state index in [1.807, 2.05) is 42.7 Å². The Balaban J connectivity index is 1.58. The maximum absolute atomic E-state index is 13.5. The van der Waals surface area contributed by atoms with Crippen LogP contribution >= 0.6 is 11.6 Å². The summed E-state index contributed by atoms with van der Waals surface area (Å²) in [6.45, 7) is 6.96. The predicted octanol–water partition coefficient (Wildman–Crippen LogP) is 4.31. The molecular formula is C27H35ClN4O3. The SMILES string of the molecule is CC(C)CN(C)C(=O)c1cn(C2CCCC2)cc(C(=O)N2CCN(c3ccc(Cl)cc3)CC2)c1=O. The lowest BCUT2D eigenvalue weighted by atomic mass is 10.1. The van der Waals surface area contributed by atoms with Gasteiger partial charge in [-0.25, -0.2) is 0 Å². The Morgan fingerprint density at radius 1 is 1.00 bits per heavy atom. The van der Waals surface area contributed by atoms with Gasteiger partial charge in [0.2, 0.25) is 5.43 Å². The maximum Gasteiger partial charge on any atom is 0.259 e. The first-order valence-corrected chi connectivity index (χ1v) is 12.9. The third-order valence-corrected chi connectivity index (χ3v) is 7.25. The molecule has 1 aliphatic carbocycles. The zero-order valence-corrected chi connectivity index (χ0v) is 21.6. The molecule has 1 saturated heterocycles. The van der Waals surface area contributed by atoms with Gasteiger partial charge in [-0.15, -0.1) is 0 Å². The van der Waals surface area contributed by atoms with Crippen LogP contribution in [0.4, 0.5) is 5.69 Å². The Morgan fingerprint density at radius 2 is 1.60 bits per heavy atom. The van der Waals surface area contributed by atoms with Gasteiger partial charge in [-0.3, -0.25) is 14.4 Å². The lowest BCUT2D eigenvalue weighted by Gasteiger charge is -2.36. The standard InChI is InChI=1S/C27H35ClN4O3/c1-19(2)16-29(3)26(34)23-17-32(21-6-4-5-7-21)18-24(25(23)33)27(35)31-14-12-30(13-15-31)22-10-8-20(28)9-11-22/h8-11,17-19,21H,4-7,12-16H2,1-3H3. The second-order valence-electron chi connectivity index (χ2n) is 10.1. The summed E-state index contributed by atoms with van der Waals surface area (Å²) in [6, 6.07) is 7.88. The molecular weight excluding hydrogens is 464 g/mol. The highest BCUT2D eigenvalue weighted by atomic mass is 35.5. The van der Waals surface area contributed by atoms with Crippen LogP contribution in [0.5, 0.6) is 0 Å². The van der Waals surface area contributed by atoms with E-state index < -0.39 is 5.43 Å². The molecule has 1 aliphatic heterocycles. The molecule has 4 rings (SSSR count). The van der Waals surface area contributed by atoms with Crippen LogP contribution in [0.1, 0.15) is 66.3 Å². The van der Waals surface area contributed by atoms with Gasteiger partial charge in [-0.2, -0.15) is 0 Å². The molecule has 1 saturated carbocycles. The molecule has 2 fully saturated rings. The van der Waals surface area contributed by atoms with E-state index in [2.05, 4.69) is 4.90 Å². The van der Waals surface area contributed by atoms with Crippen molar-refractivity contribution in [3.8, 4) is 0 Å². The van der Waals surface area contributed by atoms with Crippen molar-refractivity contribution in [1.82, 2.24) is 14.4 Å². The Hall–Kier alpha value is -2.80. The van der Waals surface area contributed by atoms with Crippen molar-refractivity contribution in [2.24, 2.45) is 5.92 Å². The van der Waals surface area contributed by atoms with E-state index in [0.717, 1.165) is 31.4 Å². The molecule has 2 heterocycles. The summed E-state index contributed by atoms with van der Waals surface area (Å²) in [5.74, 6) is -0.334. The van der Waals surface area contributed by atoms with Gasteiger partial charge >= 0.3 is 0 Å². The fraction of sp³-hybridized carbons (Fsp3) is 0.519. The molecule has 2 aromatic rings. The minimum Gasteiger partial charge on any atom is -0.368 e. The van der Waals surface area contributed by atoms with Gasteiger partial charge in [-0.05, 0) is 43.0 Å². The van der Waals surface area contributed by atoms with E-state index in [4.69, 9.17) is 11.6 Å². The van der Waals surface area contributed by atoms with Gasteiger partial charge in [-0.1, -0.05) is 38.3 Å². The summed E-state index contributed by atoms with van der Waals surface area (Å²) in [5.41, 5.74) is 0.780. The summed E-state index contributed by atoms with van der Waals surface area (Å²) in [5, 5.41) is 0.689. The molecule has 0 N–H and O–H groups in total.